The fourth-order valence-electron chi connectivity index (χ4n) is 2.58. The van der Waals surface area contributed by atoms with Crippen LogP contribution in [0.15, 0.2) is 24.3 Å². The summed E-state index contributed by atoms with van der Waals surface area (Å²) in [6, 6.07) is 3.64. The Bertz CT molecular complexity index is 609. The highest BCUT2D eigenvalue weighted by Crippen LogP contribution is 2.39. The first-order chi connectivity index (χ1) is 9.85. The number of hydrogen-bond acceptors (Lipinski definition) is 3. The molecule has 1 aromatic carbocycles. The predicted octanol–water partition coefficient (Wildman–Crippen LogP) is 1.92. The van der Waals surface area contributed by atoms with Crippen LogP contribution >= 0.6 is 0 Å². The van der Waals surface area contributed by atoms with E-state index in [-0.39, 0.29) is 19.6 Å². The molecule has 1 N–H and O–H groups in total. The van der Waals surface area contributed by atoms with Crippen molar-refractivity contribution in [3.8, 4) is 0 Å². The number of amides is 3. The fraction of sp³-hybridized carbons (Fsp3) is 0.385. The van der Waals surface area contributed by atoms with Gasteiger partial charge in [-0.05, 0) is 12.1 Å². The van der Waals surface area contributed by atoms with Crippen molar-refractivity contribution in [3.05, 3.63) is 29.8 Å². The number of alkyl halides is 3. The van der Waals surface area contributed by atoms with Crippen LogP contribution in [-0.2, 0) is 15.7 Å². The lowest BCUT2D eigenvalue weighted by molar-refractivity contribution is -0.137. The number of anilines is 1. The van der Waals surface area contributed by atoms with Crippen LogP contribution in [0.5, 0.6) is 0 Å². The third kappa shape index (κ3) is 2.06. The molecule has 5 nitrogen and oxygen atoms in total. The molecule has 1 aromatic rings. The Balaban J connectivity index is 2.06. The SMILES string of the molecule is O=C1NC2(CCOC2)C(=O)N1c1ccccc1C(F)(F)F. The number of nitrogens with one attached hydrogen (secondary N) is 1. The molecule has 1 atom stereocenters. The highest BCUT2D eigenvalue weighted by molar-refractivity contribution is 6.23. The van der Waals surface area contributed by atoms with Crippen molar-refractivity contribution in [2.75, 3.05) is 18.1 Å². The molecule has 112 valence electrons. The third-order valence-corrected chi connectivity index (χ3v) is 3.63. The second-order valence-corrected chi connectivity index (χ2v) is 4.97. The van der Waals surface area contributed by atoms with Crippen LogP contribution in [-0.4, -0.2) is 30.7 Å². The van der Waals surface area contributed by atoms with Gasteiger partial charge in [0, 0.05) is 13.0 Å². The molecule has 0 aliphatic carbocycles. The van der Waals surface area contributed by atoms with Gasteiger partial charge in [-0.25, -0.2) is 9.69 Å². The van der Waals surface area contributed by atoms with Crippen LogP contribution in [0.25, 0.3) is 0 Å². The summed E-state index contributed by atoms with van der Waals surface area (Å²) in [5.41, 5.74) is -2.73. The Morgan fingerprint density at radius 1 is 1.24 bits per heavy atom. The molecule has 21 heavy (non-hydrogen) atoms. The Morgan fingerprint density at radius 2 is 1.95 bits per heavy atom. The van der Waals surface area contributed by atoms with Gasteiger partial charge in [0.05, 0.1) is 17.9 Å². The Kier molecular flexibility index (Phi) is 2.94. The molecule has 0 radical (unpaired) electrons. The normalized spacial score (nSPS) is 25.8. The van der Waals surface area contributed by atoms with Crippen LogP contribution in [0.3, 0.4) is 0 Å². The molecule has 3 rings (SSSR count). The summed E-state index contributed by atoms with van der Waals surface area (Å²) in [4.78, 5) is 25.0. The smallest absolute Gasteiger partial charge is 0.378 e. The van der Waals surface area contributed by atoms with Gasteiger partial charge >= 0.3 is 12.2 Å². The molecular formula is C13H11F3N2O3. The van der Waals surface area contributed by atoms with E-state index in [0.717, 1.165) is 12.1 Å². The number of imide groups is 1. The minimum Gasteiger partial charge on any atom is -0.378 e. The number of carbonyl (C=O) groups is 2. The minimum absolute atomic E-state index is 0.0255. The molecule has 2 fully saturated rings. The molecule has 1 unspecified atom stereocenters. The topological polar surface area (TPSA) is 58.6 Å². The van der Waals surface area contributed by atoms with Crippen molar-refractivity contribution in [1.29, 1.82) is 0 Å². The lowest BCUT2D eigenvalue weighted by Gasteiger charge is -2.21. The van der Waals surface area contributed by atoms with Crippen LogP contribution in [0, 0.1) is 0 Å². The lowest BCUT2D eigenvalue weighted by Crippen LogP contribution is -2.47. The molecular weight excluding hydrogens is 289 g/mol. The van der Waals surface area contributed by atoms with Crippen molar-refractivity contribution in [2.24, 2.45) is 0 Å². The maximum absolute atomic E-state index is 13.0. The molecule has 1 spiro atoms. The summed E-state index contributed by atoms with van der Waals surface area (Å²) in [7, 11) is 0. The predicted molar refractivity (Wildman–Crippen MR) is 65.6 cm³/mol. The van der Waals surface area contributed by atoms with Gasteiger partial charge in [-0.2, -0.15) is 13.2 Å². The average molecular weight is 300 g/mol. The molecule has 0 bridgehead atoms. The van der Waals surface area contributed by atoms with E-state index in [1.807, 2.05) is 0 Å². The van der Waals surface area contributed by atoms with Gasteiger partial charge in [0.2, 0.25) is 0 Å². The molecule has 2 aliphatic heterocycles. The molecule has 0 aromatic heterocycles. The van der Waals surface area contributed by atoms with Crippen molar-refractivity contribution in [3.63, 3.8) is 0 Å². The van der Waals surface area contributed by atoms with E-state index in [2.05, 4.69) is 5.32 Å². The zero-order valence-corrected chi connectivity index (χ0v) is 10.7. The Labute approximate surface area is 117 Å². The molecule has 8 heteroatoms. The number of nitrogens with zero attached hydrogens (tertiary/aromatic N) is 1. The molecule has 3 amide bonds. The molecule has 2 aliphatic rings. The molecule has 0 saturated carbocycles. The quantitative estimate of drug-likeness (QED) is 0.806. The average Bonchev–Trinajstić information content (AvgIpc) is 2.96. The van der Waals surface area contributed by atoms with Gasteiger partial charge in [0.15, 0.2) is 0 Å². The van der Waals surface area contributed by atoms with Crippen molar-refractivity contribution < 1.29 is 27.5 Å². The van der Waals surface area contributed by atoms with E-state index in [9.17, 15) is 22.8 Å². The summed E-state index contributed by atoms with van der Waals surface area (Å²) in [6.07, 6.45) is -4.40. The number of ether oxygens (including phenoxy) is 1. The van der Waals surface area contributed by atoms with Crippen molar-refractivity contribution >= 4 is 17.6 Å². The van der Waals surface area contributed by atoms with Gasteiger partial charge in [-0.1, -0.05) is 12.1 Å². The first-order valence-corrected chi connectivity index (χ1v) is 6.26. The Morgan fingerprint density at radius 3 is 2.57 bits per heavy atom. The minimum atomic E-state index is -4.65. The number of benzene rings is 1. The monoisotopic (exact) mass is 300 g/mol. The summed E-state index contributed by atoms with van der Waals surface area (Å²) in [6.45, 7) is 0.253. The zero-order chi connectivity index (χ0) is 15.3. The summed E-state index contributed by atoms with van der Waals surface area (Å²) in [5, 5.41) is 2.45. The van der Waals surface area contributed by atoms with Gasteiger partial charge in [0.25, 0.3) is 5.91 Å². The molecule has 2 heterocycles. The van der Waals surface area contributed by atoms with Crippen molar-refractivity contribution in [1.82, 2.24) is 5.32 Å². The van der Waals surface area contributed by atoms with E-state index >= 15 is 0 Å². The number of para-hydroxylation sites is 1. The second kappa shape index (κ2) is 4.45. The summed E-state index contributed by atoms with van der Waals surface area (Å²) >= 11 is 0. The Hall–Kier alpha value is -2.09. The number of carbonyl (C=O) groups excluding carboxylic acids is 2. The van der Waals surface area contributed by atoms with Gasteiger partial charge in [-0.15, -0.1) is 0 Å². The van der Waals surface area contributed by atoms with Crippen molar-refractivity contribution in [2.45, 2.75) is 18.1 Å². The lowest BCUT2D eigenvalue weighted by atomic mass is 9.99. The van der Waals surface area contributed by atoms with E-state index in [4.69, 9.17) is 4.74 Å². The highest BCUT2D eigenvalue weighted by Gasteiger charge is 2.55. The highest BCUT2D eigenvalue weighted by atomic mass is 19.4. The van der Waals surface area contributed by atoms with Gasteiger partial charge in [0.1, 0.15) is 5.54 Å². The van der Waals surface area contributed by atoms with Crippen LogP contribution in [0.4, 0.5) is 23.7 Å². The third-order valence-electron chi connectivity index (χ3n) is 3.63. The first kappa shape index (κ1) is 13.9. The standard InChI is InChI=1S/C13H11F3N2O3/c14-13(15,16)8-3-1-2-4-9(8)18-10(19)12(17-11(18)20)5-6-21-7-12/h1-4H,5-7H2,(H,17,20). The first-order valence-electron chi connectivity index (χ1n) is 6.26. The summed E-state index contributed by atoms with van der Waals surface area (Å²) in [5.74, 6) is -0.707. The number of hydrogen-bond donors (Lipinski definition) is 1. The van der Waals surface area contributed by atoms with Gasteiger partial charge < -0.3 is 10.1 Å². The van der Waals surface area contributed by atoms with E-state index < -0.39 is 34.9 Å². The number of halogens is 3. The number of urea groups is 1. The maximum atomic E-state index is 13.0. The van der Waals surface area contributed by atoms with Gasteiger partial charge in [-0.3, -0.25) is 4.79 Å². The summed E-state index contributed by atoms with van der Waals surface area (Å²) < 4.78 is 44.2. The van der Waals surface area contributed by atoms with Crippen LogP contribution < -0.4 is 10.2 Å². The molecule has 2 saturated heterocycles. The fourth-order valence-corrected chi connectivity index (χ4v) is 2.58. The zero-order valence-electron chi connectivity index (χ0n) is 10.7. The number of rotatable bonds is 1. The maximum Gasteiger partial charge on any atom is 0.418 e. The largest absolute Gasteiger partial charge is 0.418 e. The van der Waals surface area contributed by atoms with Crippen LogP contribution in [0.2, 0.25) is 0 Å². The van der Waals surface area contributed by atoms with E-state index in [1.165, 1.54) is 12.1 Å². The van der Waals surface area contributed by atoms with Crippen LogP contribution in [0.1, 0.15) is 12.0 Å². The van der Waals surface area contributed by atoms with E-state index in [0.29, 0.717) is 4.90 Å². The second-order valence-electron chi connectivity index (χ2n) is 4.97. The van der Waals surface area contributed by atoms with E-state index in [1.54, 1.807) is 0 Å².